The zero-order valence-corrected chi connectivity index (χ0v) is 16.8. The number of rotatable bonds is 5. The Kier molecular flexibility index (Phi) is 6.07. The van der Waals surface area contributed by atoms with Crippen LogP contribution in [0.25, 0.3) is 0 Å². The molecule has 0 saturated carbocycles. The van der Waals surface area contributed by atoms with E-state index >= 15 is 0 Å². The van der Waals surface area contributed by atoms with Crippen LogP contribution < -0.4 is 10.7 Å². The van der Waals surface area contributed by atoms with Gasteiger partial charge in [-0.25, -0.2) is 4.39 Å². The SMILES string of the molecule is CN(C)C(=O)CN1C(=O)c2c(O)c(=O)c(C(=O)NCc3ccc(F)cc3)cn2CC1O. The summed E-state index contributed by atoms with van der Waals surface area (Å²) in [4.78, 5) is 51.7. The third-order valence-electron chi connectivity index (χ3n) is 4.85. The molecule has 1 aromatic carbocycles. The minimum absolute atomic E-state index is 0.00302. The zero-order valence-electron chi connectivity index (χ0n) is 16.8. The van der Waals surface area contributed by atoms with Crippen LogP contribution in [0, 0.1) is 5.82 Å². The van der Waals surface area contributed by atoms with Crippen LogP contribution in [0.5, 0.6) is 5.75 Å². The summed E-state index contributed by atoms with van der Waals surface area (Å²) >= 11 is 0. The molecule has 0 bridgehead atoms. The van der Waals surface area contributed by atoms with Crippen molar-refractivity contribution in [2.24, 2.45) is 0 Å². The largest absolute Gasteiger partial charge is 0.503 e. The van der Waals surface area contributed by atoms with E-state index in [0.29, 0.717) is 5.56 Å². The Labute approximate surface area is 176 Å². The number of nitrogens with one attached hydrogen (secondary N) is 1. The molecule has 0 fully saturated rings. The Morgan fingerprint density at radius 3 is 2.48 bits per heavy atom. The van der Waals surface area contributed by atoms with Gasteiger partial charge in [-0.15, -0.1) is 0 Å². The molecule has 1 aliphatic heterocycles. The van der Waals surface area contributed by atoms with Crippen molar-refractivity contribution in [3.05, 3.63) is 63.3 Å². The number of fused-ring (bicyclic) bond motifs is 1. The van der Waals surface area contributed by atoms with Gasteiger partial charge < -0.3 is 29.9 Å². The van der Waals surface area contributed by atoms with Crippen LogP contribution in [0.4, 0.5) is 4.39 Å². The number of aromatic hydroxyl groups is 1. The van der Waals surface area contributed by atoms with Gasteiger partial charge in [0, 0.05) is 26.8 Å². The Bertz CT molecular complexity index is 1100. The number of hydrogen-bond donors (Lipinski definition) is 3. The molecule has 11 heteroatoms. The third-order valence-corrected chi connectivity index (χ3v) is 4.85. The highest BCUT2D eigenvalue weighted by molar-refractivity contribution is 6.00. The highest BCUT2D eigenvalue weighted by Crippen LogP contribution is 2.23. The number of amides is 3. The number of likely N-dealkylation sites (N-methyl/N-ethyl adjacent to an activating group) is 1. The number of carbonyl (C=O) groups excluding carboxylic acids is 3. The number of pyridine rings is 1. The lowest BCUT2D eigenvalue weighted by Crippen LogP contribution is -2.52. The van der Waals surface area contributed by atoms with Crippen molar-refractivity contribution >= 4 is 17.7 Å². The zero-order chi connectivity index (χ0) is 22.9. The molecular formula is C20H21FN4O6. The molecule has 3 rings (SSSR count). The molecule has 31 heavy (non-hydrogen) atoms. The van der Waals surface area contributed by atoms with E-state index in [0.717, 1.165) is 15.7 Å². The second-order valence-corrected chi connectivity index (χ2v) is 7.23. The predicted molar refractivity (Wildman–Crippen MR) is 106 cm³/mol. The first-order valence-corrected chi connectivity index (χ1v) is 9.28. The van der Waals surface area contributed by atoms with Gasteiger partial charge in [-0.1, -0.05) is 12.1 Å². The number of aromatic nitrogens is 1. The maximum Gasteiger partial charge on any atom is 0.277 e. The molecule has 1 aliphatic rings. The molecule has 2 heterocycles. The summed E-state index contributed by atoms with van der Waals surface area (Å²) in [5.74, 6) is -3.57. The molecule has 1 atom stereocenters. The summed E-state index contributed by atoms with van der Waals surface area (Å²) in [6.45, 7) is -0.697. The Hall–Kier alpha value is -3.73. The van der Waals surface area contributed by atoms with Gasteiger partial charge in [0.2, 0.25) is 11.3 Å². The van der Waals surface area contributed by atoms with Gasteiger partial charge in [-0.3, -0.25) is 19.2 Å². The topological polar surface area (TPSA) is 132 Å². The Morgan fingerprint density at radius 2 is 1.87 bits per heavy atom. The Balaban J connectivity index is 1.86. The number of hydrogen-bond acceptors (Lipinski definition) is 6. The lowest BCUT2D eigenvalue weighted by Gasteiger charge is -2.34. The van der Waals surface area contributed by atoms with Crippen LogP contribution in [-0.2, 0) is 17.9 Å². The van der Waals surface area contributed by atoms with Crippen molar-refractivity contribution < 1.29 is 29.0 Å². The molecular weight excluding hydrogens is 411 g/mol. The number of halogens is 1. The first kappa shape index (κ1) is 22.0. The molecule has 2 aromatic rings. The van der Waals surface area contributed by atoms with Gasteiger partial charge in [0.1, 0.15) is 24.2 Å². The van der Waals surface area contributed by atoms with E-state index in [1.54, 1.807) is 0 Å². The van der Waals surface area contributed by atoms with Gasteiger partial charge >= 0.3 is 0 Å². The number of carbonyl (C=O) groups is 3. The van der Waals surface area contributed by atoms with E-state index in [-0.39, 0.29) is 13.1 Å². The third kappa shape index (κ3) is 4.40. The summed E-state index contributed by atoms with van der Waals surface area (Å²) in [5, 5.41) is 23.1. The second kappa shape index (κ2) is 8.56. The minimum atomic E-state index is -1.40. The van der Waals surface area contributed by atoms with E-state index in [1.807, 2.05) is 0 Å². The van der Waals surface area contributed by atoms with Gasteiger partial charge in [0.05, 0.1) is 6.54 Å². The molecule has 164 valence electrons. The fraction of sp³-hybridized carbons (Fsp3) is 0.300. The van der Waals surface area contributed by atoms with Crippen molar-refractivity contribution in [1.29, 1.82) is 0 Å². The fourth-order valence-corrected chi connectivity index (χ4v) is 3.07. The maximum atomic E-state index is 13.0. The summed E-state index contributed by atoms with van der Waals surface area (Å²) < 4.78 is 14.1. The Morgan fingerprint density at radius 1 is 1.23 bits per heavy atom. The van der Waals surface area contributed by atoms with Crippen molar-refractivity contribution in [3.8, 4) is 5.75 Å². The normalized spacial score (nSPS) is 15.4. The first-order valence-electron chi connectivity index (χ1n) is 9.28. The molecule has 0 aliphatic carbocycles. The average molecular weight is 432 g/mol. The highest BCUT2D eigenvalue weighted by atomic mass is 19.1. The molecule has 1 unspecified atom stereocenters. The highest BCUT2D eigenvalue weighted by Gasteiger charge is 2.36. The second-order valence-electron chi connectivity index (χ2n) is 7.23. The van der Waals surface area contributed by atoms with Crippen LogP contribution in [0.15, 0.2) is 35.3 Å². The summed E-state index contributed by atoms with van der Waals surface area (Å²) in [6, 6.07) is 5.37. The standard InChI is InChI=1S/C20H21FN4O6/c1-23(2)14(26)10-25-15(27)9-24-8-13(17(28)18(29)16(24)20(25)31)19(30)22-7-11-3-5-12(21)6-4-11/h3-6,8,15,27,29H,7,9-10H2,1-2H3,(H,22,30). The van der Waals surface area contributed by atoms with Crippen molar-refractivity contribution in [3.63, 3.8) is 0 Å². The molecule has 0 radical (unpaired) electrons. The van der Waals surface area contributed by atoms with Crippen LogP contribution in [0.3, 0.4) is 0 Å². The van der Waals surface area contributed by atoms with E-state index in [9.17, 15) is 33.8 Å². The van der Waals surface area contributed by atoms with Gasteiger partial charge in [-0.05, 0) is 17.7 Å². The lowest BCUT2D eigenvalue weighted by molar-refractivity contribution is -0.132. The van der Waals surface area contributed by atoms with Crippen LogP contribution in [0.2, 0.25) is 0 Å². The molecule has 0 saturated heterocycles. The van der Waals surface area contributed by atoms with Gasteiger partial charge in [-0.2, -0.15) is 0 Å². The van der Waals surface area contributed by atoms with Crippen LogP contribution in [-0.4, -0.2) is 69.2 Å². The van der Waals surface area contributed by atoms with E-state index in [4.69, 9.17) is 0 Å². The monoisotopic (exact) mass is 432 g/mol. The first-order chi connectivity index (χ1) is 14.6. The number of aliphatic hydroxyl groups is 1. The van der Waals surface area contributed by atoms with Crippen molar-refractivity contribution in [2.45, 2.75) is 19.3 Å². The predicted octanol–water partition coefficient (Wildman–Crippen LogP) is -0.515. The number of nitrogens with zero attached hydrogens (tertiary/aromatic N) is 3. The summed E-state index contributed by atoms with van der Waals surface area (Å²) in [6.07, 6.45) is -0.329. The van der Waals surface area contributed by atoms with Crippen LogP contribution in [0.1, 0.15) is 26.4 Å². The van der Waals surface area contributed by atoms with Crippen LogP contribution >= 0.6 is 0 Å². The molecule has 3 amide bonds. The van der Waals surface area contributed by atoms with E-state index in [2.05, 4.69) is 5.32 Å². The molecule has 10 nitrogen and oxygen atoms in total. The smallest absolute Gasteiger partial charge is 0.277 e. The van der Waals surface area contributed by atoms with Crippen molar-refractivity contribution in [1.82, 2.24) is 19.7 Å². The maximum absolute atomic E-state index is 13.0. The molecule has 0 spiro atoms. The summed E-state index contributed by atoms with van der Waals surface area (Å²) in [7, 11) is 2.96. The fourth-order valence-electron chi connectivity index (χ4n) is 3.07. The van der Waals surface area contributed by atoms with Gasteiger partial charge in [0.25, 0.3) is 11.8 Å². The average Bonchev–Trinajstić information content (AvgIpc) is 2.72. The van der Waals surface area contributed by atoms with Crippen molar-refractivity contribution in [2.75, 3.05) is 20.6 Å². The summed E-state index contributed by atoms with van der Waals surface area (Å²) in [5.41, 5.74) is -1.33. The van der Waals surface area contributed by atoms with Gasteiger partial charge in [0.15, 0.2) is 11.4 Å². The molecule has 1 aromatic heterocycles. The number of benzene rings is 1. The number of aliphatic hydroxyl groups excluding tert-OH is 1. The quantitative estimate of drug-likeness (QED) is 0.583. The van der Waals surface area contributed by atoms with E-state index in [1.165, 1.54) is 43.3 Å². The van der Waals surface area contributed by atoms with E-state index < -0.39 is 58.7 Å². The minimum Gasteiger partial charge on any atom is -0.503 e. The lowest BCUT2D eigenvalue weighted by atomic mass is 10.1. The molecule has 3 N–H and O–H groups in total.